The highest BCUT2D eigenvalue weighted by Gasteiger charge is 2.22. The number of sulfonamides is 1. The van der Waals surface area contributed by atoms with E-state index in [1.807, 2.05) is 7.05 Å². The summed E-state index contributed by atoms with van der Waals surface area (Å²) in [5.74, 6) is -0.427. The van der Waals surface area contributed by atoms with Crippen molar-refractivity contribution in [3.63, 3.8) is 0 Å². The number of halogens is 1. The molecule has 7 nitrogen and oxygen atoms in total. The number of hydrogen-bond acceptors (Lipinski definition) is 6. The first-order valence-electron chi connectivity index (χ1n) is 9.18. The van der Waals surface area contributed by atoms with Gasteiger partial charge in [-0.2, -0.15) is 0 Å². The molecule has 1 aromatic heterocycles. The van der Waals surface area contributed by atoms with Crippen molar-refractivity contribution in [1.29, 1.82) is 0 Å². The van der Waals surface area contributed by atoms with Crippen LogP contribution >= 0.6 is 22.9 Å². The molecule has 0 saturated carbocycles. The monoisotopic (exact) mass is 462 g/mol. The number of benzene rings is 2. The molecule has 1 amide bonds. The van der Waals surface area contributed by atoms with Gasteiger partial charge in [-0.3, -0.25) is 14.8 Å². The number of nitrogens with zero attached hydrogens (tertiary/aromatic N) is 2. The summed E-state index contributed by atoms with van der Waals surface area (Å²) >= 11 is 7.28. The van der Waals surface area contributed by atoms with Crippen LogP contribution in [0.5, 0.6) is 0 Å². The Morgan fingerprint density at radius 1 is 1.17 bits per heavy atom. The predicted molar refractivity (Wildman–Crippen MR) is 119 cm³/mol. The van der Waals surface area contributed by atoms with Crippen LogP contribution in [-0.4, -0.2) is 37.8 Å². The molecule has 2 N–H and O–H groups in total. The Bertz CT molecular complexity index is 1190. The van der Waals surface area contributed by atoms with Gasteiger partial charge in [0.25, 0.3) is 15.9 Å². The van der Waals surface area contributed by atoms with Gasteiger partial charge in [0, 0.05) is 29.4 Å². The second-order valence-corrected chi connectivity index (χ2v) is 10.1. The van der Waals surface area contributed by atoms with Gasteiger partial charge in [0.1, 0.15) is 0 Å². The second-order valence-electron chi connectivity index (χ2n) is 6.94. The third kappa shape index (κ3) is 4.49. The van der Waals surface area contributed by atoms with E-state index in [0.29, 0.717) is 10.2 Å². The van der Waals surface area contributed by atoms with Crippen LogP contribution in [0.2, 0.25) is 5.02 Å². The fourth-order valence-corrected chi connectivity index (χ4v) is 5.42. The number of likely N-dealkylation sites (N-methyl/N-ethyl adjacent to an activating group) is 1. The highest BCUT2D eigenvalue weighted by atomic mass is 35.5. The van der Waals surface area contributed by atoms with Gasteiger partial charge in [-0.15, -0.1) is 11.3 Å². The maximum absolute atomic E-state index is 12.9. The van der Waals surface area contributed by atoms with Gasteiger partial charge in [-0.1, -0.05) is 23.7 Å². The maximum Gasteiger partial charge on any atom is 0.261 e. The largest absolute Gasteiger partial charge is 0.301 e. The molecular weight excluding hydrogens is 444 g/mol. The molecular formula is C20H19ClN4O3S2. The molecule has 0 spiro atoms. The van der Waals surface area contributed by atoms with Crippen LogP contribution in [0.4, 0.5) is 10.8 Å². The Hall–Kier alpha value is -2.46. The Balaban J connectivity index is 1.56. The first kappa shape index (κ1) is 20.8. The van der Waals surface area contributed by atoms with Gasteiger partial charge in [0.15, 0.2) is 5.13 Å². The number of fused-ring (bicyclic) bond motifs is 1. The average molecular weight is 463 g/mol. The van der Waals surface area contributed by atoms with E-state index in [1.54, 1.807) is 24.3 Å². The molecule has 0 unspecified atom stereocenters. The third-order valence-electron chi connectivity index (χ3n) is 4.68. The molecule has 0 aliphatic carbocycles. The number of nitrogens with one attached hydrogen (secondary N) is 2. The van der Waals surface area contributed by atoms with E-state index in [1.165, 1.54) is 35.6 Å². The van der Waals surface area contributed by atoms with Crippen molar-refractivity contribution in [2.45, 2.75) is 17.9 Å². The van der Waals surface area contributed by atoms with Crippen LogP contribution < -0.4 is 10.0 Å². The van der Waals surface area contributed by atoms with Crippen LogP contribution in [0.25, 0.3) is 0 Å². The molecule has 10 heteroatoms. The molecule has 0 saturated heterocycles. The smallest absolute Gasteiger partial charge is 0.261 e. The Morgan fingerprint density at radius 2 is 1.90 bits per heavy atom. The van der Waals surface area contributed by atoms with Gasteiger partial charge in [0.2, 0.25) is 0 Å². The van der Waals surface area contributed by atoms with E-state index in [4.69, 9.17) is 11.6 Å². The minimum atomic E-state index is -3.87. The zero-order valence-corrected chi connectivity index (χ0v) is 18.4. The molecule has 3 aromatic rings. The number of anilines is 2. The lowest BCUT2D eigenvalue weighted by Crippen LogP contribution is -2.25. The summed E-state index contributed by atoms with van der Waals surface area (Å²) in [6, 6.07) is 12.3. The van der Waals surface area contributed by atoms with Crippen molar-refractivity contribution in [1.82, 2.24) is 9.88 Å². The normalized spacial score (nSPS) is 14.2. The first-order valence-corrected chi connectivity index (χ1v) is 11.9. The number of amides is 1. The van der Waals surface area contributed by atoms with Crippen molar-refractivity contribution in [3.05, 3.63) is 69.7 Å². The average Bonchev–Trinajstić information content (AvgIpc) is 3.09. The summed E-state index contributed by atoms with van der Waals surface area (Å²) in [4.78, 5) is 20.8. The molecule has 4 rings (SSSR count). The van der Waals surface area contributed by atoms with Crippen molar-refractivity contribution in [2.24, 2.45) is 0 Å². The zero-order valence-electron chi connectivity index (χ0n) is 16.1. The number of carbonyl (C=O) groups is 1. The van der Waals surface area contributed by atoms with E-state index in [0.717, 1.165) is 30.1 Å². The fraction of sp³-hybridized carbons (Fsp3) is 0.200. The van der Waals surface area contributed by atoms with E-state index < -0.39 is 15.9 Å². The van der Waals surface area contributed by atoms with Gasteiger partial charge >= 0.3 is 0 Å². The van der Waals surface area contributed by atoms with Gasteiger partial charge in [-0.25, -0.2) is 13.4 Å². The predicted octanol–water partition coefficient (Wildman–Crippen LogP) is 3.84. The van der Waals surface area contributed by atoms with Crippen LogP contribution in [0.1, 0.15) is 20.9 Å². The molecule has 2 heterocycles. The Labute approximate surface area is 183 Å². The van der Waals surface area contributed by atoms with Crippen LogP contribution in [-0.2, 0) is 23.0 Å². The number of para-hydroxylation sites is 1. The van der Waals surface area contributed by atoms with Crippen molar-refractivity contribution in [2.75, 3.05) is 23.6 Å². The standard InChI is InChI=1S/C20H19ClN4O3S2/c1-25-11-10-17-18(12-25)29-20(22-17)23-19(26)15-4-2-3-5-16(15)24-30(27,28)14-8-6-13(21)7-9-14/h2-9,24H,10-12H2,1H3,(H,22,23,26). The highest BCUT2D eigenvalue weighted by molar-refractivity contribution is 7.92. The lowest BCUT2D eigenvalue weighted by molar-refractivity contribution is 0.102. The fourth-order valence-electron chi connectivity index (χ4n) is 3.13. The summed E-state index contributed by atoms with van der Waals surface area (Å²) in [5.41, 5.74) is 1.40. The molecule has 30 heavy (non-hydrogen) atoms. The van der Waals surface area contributed by atoms with Gasteiger partial charge in [0.05, 0.1) is 21.8 Å². The molecule has 1 aliphatic rings. The molecule has 2 aromatic carbocycles. The lowest BCUT2D eigenvalue weighted by Gasteiger charge is -2.20. The topological polar surface area (TPSA) is 91.4 Å². The number of aromatic nitrogens is 1. The molecule has 156 valence electrons. The van der Waals surface area contributed by atoms with Crippen LogP contribution in [0, 0.1) is 0 Å². The minimum Gasteiger partial charge on any atom is -0.301 e. The van der Waals surface area contributed by atoms with Crippen molar-refractivity contribution < 1.29 is 13.2 Å². The number of hydrogen-bond donors (Lipinski definition) is 2. The Morgan fingerprint density at radius 3 is 2.67 bits per heavy atom. The summed E-state index contributed by atoms with van der Waals surface area (Å²) < 4.78 is 27.9. The van der Waals surface area contributed by atoms with E-state index in [-0.39, 0.29) is 16.1 Å². The maximum atomic E-state index is 12.9. The van der Waals surface area contributed by atoms with E-state index >= 15 is 0 Å². The van der Waals surface area contributed by atoms with Crippen molar-refractivity contribution in [3.8, 4) is 0 Å². The quantitative estimate of drug-likeness (QED) is 0.601. The van der Waals surface area contributed by atoms with Gasteiger partial charge in [-0.05, 0) is 43.4 Å². The first-order chi connectivity index (χ1) is 14.3. The molecule has 0 radical (unpaired) electrons. The summed E-state index contributed by atoms with van der Waals surface area (Å²) in [7, 11) is -1.83. The number of rotatable bonds is 5. The molecule has 0 bridgehead atoms. The molecule has 0 atom stereocenters. The van der Waals surface area contributed by atoms with Crippen molar-refractivity contribution >= 4 is 49.7 Å². The van der Waals surface area contributed by atoms with Crippen LogP contribution in [0.3, 0.4) is 0 Å². The summed E-state index contributed by atoms with van der Waals surface area (Å²) in [6.45, 7) is 1.74. The van der Waals surface area contributed by atoms with Gasteiger partial charge < -0.3 is 4.90 Å². The van der Waals surface area contributed by atoms with Crippen LogP contribution in [0.15, 0.2) is 53.4 Å². The summed E-state index contributed by atoms with van der Waals surface area (Å²) in [6.07, 6.45) is 0.843. The third-order valence-corrected chi connectivity index (χ3v) is 7.31. The zero-order chi connectivity index (χ0) is 21.3. The molecule has 1 aliphatic heterocycles. The number of thiazole rings is 1. The lowest BCUT2D eigenvalue weighted by atomic mass is 10.2. The van der Waals surface area contributed by atoms with E-state index in [9.17, 15) is 13.2 Å². The highest BCUT2D eigenvalue weighted by Crippen LogP contribution is 2.29. The SMILES string of the molecule is CN1CCc2nc(NC(=O)c3ccccc3NS(=O)(=O)c3ccc(Cl)cc3)sc2C1. The Kier molecular flexibility index (Phi) is 5.79. The van der Waals surface area contributed by atoms with E-state index in [2.05, 4.69) is 19.9 Å². The summed E-state index contributed by atoms with van der Waals surface area (Å²) in [5, 5.41) is 3.75. The molecule has 0 fully saturated rings. The number of carbonyl (C=O) groups excluding carboxylic acids is 1. The minimum absolute atomic E-state index is 0.0545. The second kappa shape index (κ2) is 8.35.